The van der Waals surface area contributed by atoms with Crippen LogP contribution in [0.15, 0.2) is 29.2 Å². The van der Waals surface area contributed by atoms with Crippen LogP contribution in [0, 0.1) is 0 Å². The van der Waals surface area contributed by atoms with E-state index in [0.717, 1.165) is 9.92 Å². The van der Waals surface area contributed by atoms with Gasteiger partial charge in [0.15, 0.2) is 0 Å². The fourth-order valence-corrected chi connectivity index (χ4v) is 2.40. The van der Waals surface area contributed by atoms with Crippen LogP contribution in [0.2, 0.25) is 5.02 Å². The third kappa shape index (κ3) is 5.96. The Balaban J connectivity index is 2.19. The summed E-state index contributed by atoms with van der Waals surface area (Å²) in [5.74, 6) is 0.715. The lowest BCUT2D eigenvalue weighted by Gasteiger charge is -2.05. The fraction of sp³-hybridized carbons (Fsp3) is 0.417. The van der Waals surface area contributed by atoms with Gasteiger partial charge in [0, 0.05) is 30.2 Å². The van der Waals surface area contributed by atoms with Gasteiger partial charge in [0.1, 0.15) is 0 Å². The van der Waals surface area contributed by atoms with Gasteiger partial charge >= 0.3 is 0 Å². The molecule has 0 spiro atoms. The third-order valence-electron chi connectivity index (χ3n) is 2.08. The number of amides is 1. The van der Waals surface area contributed by atoms with E-state index < -0.39 is 0 Å². The SMILES string of the molecule is O=C(CCSc1ccccc1Cl)NCCCO. The maximum atomic E-state index is 11.4. The molecular formula is C12H16ClNO2S. The van der Waals surface area contributed by atoms with Crippen LogP contribution in [-0.4, -0.2) is 29.9 Å². The number of hydrogen-bond acceptors (Lipinski definition) is 3. The zero-order valence-electron chi connectivity index (χ0n) is 9.49. The minimum Gasteiger partial charge on any atom is -0.396 e. The van der Waals surface area contributed by atoms with E-state index >= 15 is 0 Å². The van der Waals surface area contributed by atoms with Crippen molar-refractivity contribution in [3.8, 4) is 0 Å². The van der Waals surface area contributed by atoms with Gasteiger partial charge in [-0.2, -0.15) is 0 Å². The molecule has 0 aromatic heterocycles. The Morgan fingerprint density at radius 2 is 2.18 bits per heavy atom. The topological polar surface area (TPSA) is 49.3 Å². The van der Waals surface area contributed by atoms with Gasteiger partial charge in [-0.05, 0) is 18.6 Å². The molecule has 1 aromatic rings. The number of carbonyl (C=O) groups excluding carboxylic acids is 1. The zero-order valence-corrected chi connectivity index (χ0v) is 11.1. The molecule has 0 aliphatic rings. The van der Waals surface area contributed by atoms with Gasteiger partial charge < -0.3 is 10.4 Å². The maximum absolute atomic E-state index is 11.4. The molecule has 0 radical (unpaired) electrons. The molecule has 1 rings (SSSR count). The van der Waals surface area contributed by atoms with E-state index in [1.807, 2.05) is 24.3 Å². The zero-order chi connectivity index (χ0) is 12.5. The van der Waals surface area contributed by atoms with Crippen molar-refractivity contribution in [3.05, 3.63) is 29.3 Å². The standard InChI is InChI=1S/C12H16ClNO2S/c13-10-4-1-2-5-11(10)17-9-6-12(16)14-7-3-8-15/h1-2,4-5,15H,3,6-9H2,(H,14,16). The van der Waals surface area contributed by atoms with Crippen molar-refractivity contribution < 1.29 is 9.90 Å². The van der Waals surface area contributed by atoms with Crippen LogP contribution in [0.4, 0.5) is 0 Å². The number of nitrogens with one attached hydrogen (secondary N) is 1. The highest BCUT2D eigenvalue weighted by molar-refractivity contribution is 7.99. The van der Waals surface area contributed by atoms with Gasteiger partial charge in [0.05, 0.1) is 5.02 Å². The maximum Gasteiger partial charge on any atom is 0.220 e. The molecular weight excluding hydrogens is 258 g/mol. The first kappa shape index (κ1) is 14.4. The summed E-state index contributed by atoms with van der Waals surface area (Å²) in [7, 11) is 0. The van der Waals surface area contributed by atoms with Crippen molar-refractivity contribution in [1.29, 1.82) is 0 Å². The van der Waals surface area contributed by atoms with Crippen molar-refractivity contribution in [2.24, 2.45) is 0 Å². The quantitative estimate of drug-likeness (QED) is 0.592. The van der Waals surface area contributed by atoms with Crippen molar-refractivity contribution in [2.75, 3.05) is 18.9 Å². The highest BCUT2D eigenvalue weighted by Crippen LogP contribution is 2.26. The number of carbonyl (C=O) groups is 1. The molecule has 0 atom stereocenters. The average Bonchev–Trinajstić information content (AvgIpc) is 2.32. The van der Waals surface area contributed by atoms with Crippen LogP contribution in [0.25, 0.3) is 0 Å². The van der Waals surface area contributed by atoms with E-state index in [1.54, 1.807) is 11.8 Å². The number of benzene rings is 1. The molecule has 0 saturated heterocycles. The minimum atomic E-state index is 0.0120. The van der Waals surface area contributed by atoms with Gasteiger partial charge in [-0.1, -0.05) is 23.7 Å². The summed E-state index contributed by atoms with van der Waals surface area (Å²) in [5.41, 5.74) is 0. The van der Waals surface area contributed by atoms with E-state index in [-0.39, 0.29) is 12.5 Å². The molecule has 5 heteroatoms. The summed E-state index contributed by atoms with van der Waals surface area (Å²) < 4.78 is 0. The molecule has 2 N–H and O–H groups in total. The van der Waals surface area contributed by atoms with Crippen molar-refractivity contribution in [2.45, 2.75) is 17.7 Å². The Morgan fingerprint density at radius 1 is 1.41 bits per heavy atom. The fourth-order valence-electron chi connectivity index (χ4n) is 1.21. The van der Waals surface area contributed by atoms with Crippen molar-refractivity contribution >= 4 is 29.3 Å². The molecule has 0 fully saturated rings. The Morgan fingerprint density at radius 3 is 2.88 bits per heavy atom. The Bertz CT molecular complexity index is 360. The number of hydrogen-bond donors (Lipinski definition) is 2. The molecule has 1 amide bonds. The molecule has 17 heavy (non-hydrogen) atoms. The number of thioether (sulfide) groups is 1. The Labute approximate surface area is 111 Å². The second-order valence-corrected chi connectivity index (χ2v) is 5.00. The van der Waals surface area contributed by atoms with Gasteiger partial charge in [-0.3, -0.25) is 4.79 Å². The first-order valence-corrected chi connectivity index (χ1v) is 6.85. The van der Waals surface area contributed by atoms with E-state index in [9.17, 15) is 4.79 Å². The van der Waals surface area contributed by atoms with Crippen LogP contribution < -0.4 is 5.32 Å². The first-order chi connectivity index (χ1) is 8.24. The summed E-state index contributed by atoms with van der Waals surface area (Å²) in [5, 5.41) is 12.0. The average molecular weight is 274 g/mol. The first-order valence-electron chi connectivity index (χ1n) is 5.49. The predicted molar refractivity (Wildman–Crippen MR) is 71.5 cm³/mol. The molecule has 0 aliphatic carbocycles. The molecule has 0 unspecified atom stereocenters. The highest BCUT2D eigenvalue weighted by atomic mass is 35.5. The second kappa shape index (κ2) is 8.39. The summed E-state index contributed by atoms with van der Waals surface area (Å²) in [4.78, 5) is 12.4. The summed E-state index contributed by atoms with van der Waals surface area (Å²) in [6.07, 6.45) is 1.06. The largest absolute Gasteiger partial charge is 0.396 e. The molecule has 0 saturated carbocycles. The molecule has 0 bridgehead atoms. The number of aliphatic hydroxyl groups excluding tert-OH is 1. The van der Waals surface area contributed by atoms with Crippen LogP contribution in [0.5, 0.6) is 0 Å². The normalized spacial score (nSPS) is 10.2. The van der Waals surface area contributed by atoms with Crippen LogP contribution in [-0.2, 0) is 4.79 Å². The lowest BCUT2D eigenvalue weighted by atomic mass is 10.4. The second-order valence-electron chi connectivity index (χ2n) is 3.46. The number of aliphatic hydroxyl groups is 1. The summed E-state index contributed by atoms with van der Waals surface area (Å²) in [6.45, 7) is 0.640. The monoisotopic (exact) mass is 273 g/mol. The van der Waals surface area contributed by atoms with Crippen molar-refractivity contribution in [1.82, 2.24) is 5.32 Å². The predicted octanol–water partition coefficient (Wildman–Crippen LogP) is 2.32. The Kier molecular flexibility index (Phi) is 7.08. The number of rotatable bonds is 7. The van der Waals surface area contributed by atoms with Crippen molar-refractivity contribution in [3.63, 3.8) is 0 Å². The van der Waals surface area contributed by atoms with E-state index in [2.05, 4.69) is 5.32 Å². The molecule has 3 nitrogen and oxygen atoms in total. The molecule has 94 valence electrons. The van der Waals surface area contributed by atoms with E-state index in [1.165, 1.54) is 0 Å². The smallest absolute Gasteiger partial charge is 0.220 e. The number of halogens is 1. The summed E-state index contributed by atoms with van der Waals surface area (Å²) in [6, 6.07) is 7.59. The molecule has 0 heterocycles. The molecule has 1 aromatic carbocycles. The minimum absolute atomic E-state index is 0.0120. The van der Waals surface area contributed by atoms with Crippen LogP contribution in [0.1, 0.15) is 12.8 Å². The van der Waals surface area contributed by atoms with Crippen LogP contribution >= 0.6 is 23.4 Å². The summed E-state index contributed by atoms with van der Waals surface area (Å²) >= 11 is 7.57. The van der Waals surface area contributed by atoms with E-state index in [0.29, 0.717) is 25.1 Å². The lowest BCUT2D eigenvalue weighted by molar-refractivity contribution is -0.120. The van der Waals surface area contributed by atoms with Gasteiger partial charge in [-0.15, -0.1) is 11.8 Å². The Hall–Kier alpha value is -0.710. The van der Waals surface area contributed by atoms with E-state index in [4.69, 9.17) is 16.7 Å². The third-order valence-corrected chi connectivity index (χ3v) is 3.60. The van der Waals surface area contributed by atoms with Gasteiger partial charge in [0.25, 0.3) is 0 Å². The lowest BCUT2D eigenvalue weighted by Crippen LogP contribution is -2.25. The highest BCUT2D eigenvalue weighted by Gasteiger charge is 2.03. The van der Waals surface area contributed by atoms with Gasteiger partial charge in [0.2, 0.25) is 5.91 Å². The van der Waals surface area contributed by atoms with Crippen LogP contribution in [0.3, 0.4) is 0 Å². The van der Waals surface area contributed by atoms with Gasteiger partial charge in [-0.25, -0.2) is 0 Å². The molecule has 0 aliphatic heterocycles.